The molecule has 0 amide bonds. The number of halogens is 4. The van der Waals surface area contributed by atoms with Gasteiger partial charge < -0.3 is 16.4 Å². The Balaban J connectivity index is 0.00000256. The van der Waals surface area contributed by atoms with Crippen molar-refractivity contribution in [3.8, 4) is 0 Å². The summed E-state index contributed by atoms with van der Waals surface area (Å²) < 4.78 is 51.0. The third-order valence-electron chi connectivity index (χ3n) is 1.69. The predicted octanol–water partition coefficient (Wildman–Crippen LogP) is 1.80. The molecule has 0 aliphatic heterocycles. The van der Waals surface area contributed by atoms with Crippen LogP contribution in [0.4, 0.5) is 17.6 Å². The van der Waals surface area contributed by atoms with Gasteiger partial charge in [0.05, 0.1) is 0 Å². The fraction of sp³-hybridized carbons (Fsp3) is 0. The number of carbonyl (C=O) groups is 2. The Labute approximate surface area is 90.9 Å². The van der Waals surface area contributed by atoms with Crippen molar-refractivity contribution >= 4 is 11.9 Å². The highest BCUT2D eigenvalue weighted by Crippen LogP contribution is 2.24. The second kappa shape index (κ2) is 4.78. The first kappa shape index (κ1) is 14.8. The number of rotatable bonds is 2. The molecule has 0 fully saturated rings. The minimum absolute atomic E-state index is 0. The molecule has 0 radical (unpaired) electrons. The Hall–Kier alpha value is -2.16. The fourth-order valence-corrected chi connectivity index (χ4v) is 1.03. The molecule has 0 bridgehead atoms. The van der Waals surface area contributed by atoms with Gasteiger partial charge in [-0.2, -0.15) is 0 Å². The van der Waals surface area contributed by atoms with Crippen LogP contribution in [0.2, 0.25) is 0 Å². The van der Waals surface area contributed by atoms with Gasteiger partial charge in [0.1, 0.15) is 11.1 Å². The average molecular weight is 255 g/mol. The highest BCUT2D eigenvalue weighted by Gasteiger charge is 2.32. The third kappa shape index (κ3) is 2.18. The average Bonchev–Trinajstić information content (AvgIpc) is 2.18. The quantitative estimate of drug-likeness (QED) is 0.424. The molecule has 0 spiro atoms. The summed E-state index contributed by atoms with van der Waals surface area (Å²) in [5.74, 6) is -13.7. The number of aromatic carboxylic acids is 2. The fourth-order valence-electron chi connectivity index (χ4n) is 1.03. The topological polar surface area (TPSA) is 110 Å². The number of carboxylic acids is 2. The van der Waals surface area contributed by atoms with Crippen molar-refractivity contribution in [3.05, 3.63) is 34.4 Å². The van der Waals surface area contributed by atoms with Crippen molar-refractivity contribution in [2.45, 2.75) is 0 Å². The Morgan fingerprint density at radius 2 is 0.941 bits per heavy atom. The first-order chi connectivity index (χ1) is 7.29. The molecule has 0 saturated carbocycles. The van der Waals surface area contributed by atoms with Gasteiger partial charge in [0.15, 0.2) is 23.3 Å². The van der Waals surface area contributed by atoms with Crippen molar-refractivity contribution in [3.63, 3.8) is 0 Å². The van der Waals surface area contributed by atoms with E-state index < -0.39 is 46.3 Å². The summed E-state index contributed by atoms with van der Waals surface area (Å²) in [5, 5.41) is 16.8. The van der Waals surface area contributed by atoms with Gasteiger partial charge in [0.2, 0.25) is 0 Å². The minimum atomic E-state index is -2.38. The SMILES string of the molecule is N.O=C(O)c1c(F)c(F)c(F)c(F)c1C(=O)O. The predicted molar refractivity (Wildman–Crippen MR) is 45.2 cm³/mol. The van der Waals surface area contributed by atoms with Gasteiger partial charge in [0.25, 0.3) is 0 Å². The van der Waals surface area contributed by atoms with Crippen LogP contribution in [0.3, 0.4) is 0 Å². The van der Waals surface area contributed by atoms with Crippen LogP contribution in [0, 0.1) is 23.3 Å². The van der Waals surface area contributed by atoms with Crippen molar-refractivity contribution < 1.29 is 37.4 Å². The number of benzene rings is 1. The van der Waals surface area contributed by atoms with Crippen LogP contribution in [-0.2, 0) is 0 Å². The highest BCUT2D eigenvalue weighted by molar-refractivity contribution is 6.02. The third-order valence-corrected chi connectivity index (χ3v) is 1.69. The molecule has 1 aromatic rings. The van der Waals surface area contributed by atoms with Crippen molar-refractivity contribution in [1.29, 1.82) is 0 Å². The van der Waals surface area contributed by atoms with Gasteiger partial charge in [-0.15, -0.1) is 0 Å². The Kier molecular flexibility index (Phi) is 4.18. The van der Waals surface area contributed by atoms with Gasteiger partial charge in [-0.05, 0) is 0 Å². The van der Waals surface area contributed by atoms with Crippen LogP contribution in [0.15, 0.2) is 0 Å². The molecular formula is C8H5F4NO4. The first-order valence-electron chi connectivity index (χ1n) is 3.61. The van der Waals surface area contributed by atoms with E-state index in [2.05, 4.69) is 0 Å². The van der Waals surface area contributed by atoms with E-state index in [9.17, 15) is 27.2 Å². The molecule has 0 saturated heterocycles. The molecule has 5 N–H and O–H groups in total. The maximum atomic E-state index is 12.9. The van der Waals surface area contributed by atoms with Crippen LogP contribution >= 0.6 is 0 Å². The number of hydrogen-bond acceptors (Lipinski definition) is 3. The lowest BCUT2D eigenvalue weighted by molar-refractivity contribution is 0.0639. The molecule has 0 aliphatic rings. The van der Waals surface area contributed by atoms with Gasteiger partial charge in [-0.3, -0.25) is 0 Å². The molecule has 0 aromatic heterocycles. The van der Waals surface area contributed by atoms with Crippen molar-refractivity contribution in [2.24, 2.45) is 0 Å². The molecule has 1 aromatic carbocycles. The largest absolute Gasteiger partial charge is 0.478 e. The van der Waals surface area contributed by atoms with E-state index in [1.54, 1.807) is 0 Å². The molecule has 0 atom stereocenters. The highest BCUT2D eigenvalue weighted by atomic mass is 19.2. The van der Waals surface area contributed by atoms with E-state index in [0.717, 1.165) is 0 Å². The summed E-state index contributed by atoms with van der Waals surface area (Å²) in [5.41, 5.74) is -3.52. The van der Waals surface area contributed by atoms with Crippen LogP contribution in [0.1, 0.15) is 20.7 Å². The molecule has 17 heavy (non-hydrogen) atoms. The second-order valence-electron chi connectivity index (χ2n) is 2.62. The van der Waals surface area contributed by atoms with Gasteiger partial charge in [-0.25, -0.2) is 27.2 Å². The summed E-state index contributed by atoms with van der Waals surface area (Å²) in [4.78, 5) is 20.8. The van der Waals surface area contributed by atoms with Crippen LogP contribution in [0.25, 0.3) is 0 Å². The number of carboxylic acid groups (broad SMARTS) is 2. The standard InChI is InChI=1S/C8H2F4O4.H3N/c9-3-1(7(13)14)2(8(15)16)4(10)6(12)5(3)11;/h(H,13,14)(H,15,16);1H3. The van der Waals surface area contributed by atoms with E-state index in [4.69, 9.17) is 10.2 Å². The van der Waals surface area contributed by atoms with Crippen LogP contribution in [0.5, 0.6) is 0 Å². The van der Waals surface area contributed by atoms with Crippen LogP contribution < -0.4 is 6.15 Å². The molecule has 0 heterocycles. The zero-order chi connectivity index (χ0) is 12.6. The minimum Gasteiger partial charge on any atom is -0.478 e. The lowest BCUT2D eigenvalue weighted by Gasteiger charge is -2.06. The lowest BCUT2D eigenvalue weighted by atomic mass is 10.1. The lowest BCUT2D eigenvalue weighted by Crippen LogP contribution is -2.17. The van der Waals surface area contributed by atoms with Crippen molar-refractivity contribution in [2.75, 3.05) is 0 Å². The Bertz CT molecular complexity index is 458. The van der Waals surface area contributed by atoms with Gasteiger partial charge in [0, 0.05) is 0 Å². The Morgan fingerprint density at radius 1 is 0.706 bits per heavy atom. The van der Waals surface area contributed by atoms with E-state index in [1.807, 2.05) is 0 Å². The smallest absolute Gasteiger partial charge is 0.339 e. The maximum Gasteiger partial charge on any atom is 0.339 e. The molecule has 0 unspecified atom stereocenters. The van der Waals surface area contributed by atoms with Crippen molar-refractivity contribution in [1.82, 2.24) is 6.15 Å². The van der Waals surface area contributed by atoms with Gasteiger partial charge in [-0.1, -0.05) is 0 Å². The maximum absolute atomic E-state index is 12.9. The summed E-state index contributed by atoms with van der Waals surface area (Å²) in [6.07, 6.45) is 0. The van der Waals surface area contributed by atoms with Crippen LogP contribution in [-0.4, -0.2) is 22.2 Å². The summed E-state index contributed by atoms with van der Waals surface area (Å²) in [7, 11) is 0. The molecule has 0 aliphatic carbocycles. The zero-order valence-corrected chi connectivity index (χ0v) is 7.93. The van der Waals surface area contributed by atoms with E-state index in [-0.39, 0.29) is 6.15 Å². The van der Waals surface area contributed by atoms with Gasteiger partial charge >= 0.3 is 11.9 Å². The van der Waals surface area contributed by atoms with E-state index in [0.29, 0.717) is 0 Å². The Morgan fingerprint density at radius 3 is 1.12 bits per heavy atom. The molecule has 5 nitrogen and oxygen atoms in total. The molecule has 94 valence electrons. The molecule has 1 rings (SSSR count). The monoisotopic (exact) mass is 255 g/mol. The summed E-state index contributed by atoms with van der Waals surface area (Å²) in [6, 6.07) is 0. The molecular weight excluding hydrogens is 250 g/mol. The number of hydrogen-bond donors (Lipinski definition) is 3. The zero-order valence-electron chi connectivity index (χ0n) is 7.93. The summed E-state index contributed by atoms with van der Waals surface area (Å²) in [6.45, 7) is 0. The van der Waals surface area contributed by atoms with E-state index >= 15 is 0 Å². The normalized spacial score (nSPS) is 9.65. The second-order valence-corrected chi connectivity index (χ2v) is 2.62. The first-order valence-corrected chi connectivity index (χ1v) is 3.61. The summed E-state index contributed by atoms with van der Waals surface area (Å²) >= 11 is 0. The van der Waals surface area contributed by atoms with E-state index in [1.165, 1.54) is 0 Å². The molecule has 9 heteroatoms.